The molecule has 0 saturated heterocycles. The molecular formula is C19H18ClNO4S. The lowest BCUT2D eigenvalue weighted by Gasteiger charge is -2.10. The standard InChI is InChI=1S/C19H18ClNO4S/c1-13(12-21-26(23,24)18-9-6-16(20)7-10-18)19(22)25-17-8-5-14-3-2-4-15(14)11-17/h5-11,21H,1-4,12H2. The topological polar surface area (TPSA) is 72.5 Å². The zero-order chi connectivity index (χ0) is 18.7. The molecule has 0 aliphatic heterocycles. The third kappa shape index (κ3) is 4.33. The van der Waals surface area contributed by atoms with Crippen molar-refractivity contribution in [2.45, 2.75) is 24.2 Å². The predicted molar refractivity (Wildman–Crippen MR) is 99.9 cm³/mol. The summed E-state index contributed by atoms with van der Waals surface area (Å²) in [4.78, 5) is 12.2. The number of halogens is 1. The molecule has 1 N–H and O–H groups in total. The molecular weight excluding hydrogens is 374 g/mol. The van der Waals surface area contributed by atoms with Crippen LogP contribution in [0.4, 0.5) is 0 Å². The highest BCUT2D eigenvalue weighted by Gasteiger charge is 2.18. The van der Waals surface area contributed by atoms with E-state index in [2.05, 4.69) is 11.3 Å². The maximum absolute atomic E-state index is 12.2. The molecule has 1 aliphatic rings. The fourth-order valence-electron chi connectivity index (χ4n) is 2.74. The SMILES string of the molecule is C=C(CNS(=O)(=O)c1ccc(Cl)cc1)C(=O)Oc1ccc2c(c1)CCC2. The van der Waals surface area contributed by atoms with Gasteiger partial charge in [0.2, 0.25) is 10.0 Å². The van der Waals surface area contributed by atoms with Gasteiger partial charge in [0, 0.05) is 17.1 Å². The summed E-state index contributed by atoms with van der Waals surface area (Å²) >= 11 is 5.75. The highest BCUT2D eigenvalue weighted by molar-refractivity contribution is 7.89. The molecule has 0 atom stereocenters. The molecule has 0 unspecified atom stereocenters. The van der Waals surface area contributed by atoms with Crippen LogP contribution < -0.4 is 9.46 Å². The van der Waals surface area contributed by atoms with E-state index in [4.69, 9.17) is 16.3 Å². The summed E-state index contributed by atoms with van der Waals surface area (Å²) in [5.74, 6) is -0.223. The van der Waals surface area contributed by atoms with E-state index in [1.54, 1.807) is 6.07 Å². The number of fused-ring (bicyclic) bond motifs is 1. The predicted octanol–water partition coefficient (Wildman–Crippen LogP) is 3.27. The Labute approximate surface area is 157 Å². The third-order valence-corrected chi connectivity index (χ3v) is 5.84. The van der Waals surface area contributed by atoms with Crippen molar-refractivity contribution in [1.82, 2.24) is 4.72 Å². The molecule has 1 aliphatic carbocycles. The number of aryl methyl sites for hydroxylation is 2. The van der Waals surface area contributed by atoms with Gasteiger partial charge in [-0.3, -0.25) is 0 Å². The van der Waals surface area contributed by atoms with Crippen LogP contribution in [0.1, 0.15) is 17.5 Å². The fourth-order valence-corrected chi connectivity index (χ4v) is 3.89. The number of rotatable bonds is 6. The molecule has 2 aromatic carbocycles. The second-order valence-corrected chi connectivity index (χ2v) is 8.26. The second-order valence-electron chi connectivity index (χ2n) is 6.06. The minimum atomic E-state index is -3.76. The summed E-state index contributed by atoms with van der Waals surface area (Å²) in [6.07, 6.45) is 3.12. The molecule has 0 amide bonds. The summed E-state index contributed by atoms with van der Waals surface area (Å²) in [6, 6.07) is 11.3. The van der Waals surface area contributed by atoms with Crippen molar-refractivity contribution in [3.8, 4) is 5.75 Å². The Morgan fingerprint density at radius 2 is 1.81 bits per heavy atom. The molecule has 3 rings (SSSR count). The maximum Gasteiger partial charge on any atom is 0.340 e. The maximum atomic E-state index is 12.2. The minimum absolute atomic E-state index is 0.0167. The van der Waals surface area contributed by atoms with E-state index in [-0.39, 0.29) is 17.0 Å². The number of esters is 1. The van der Waals surface area contributed by atoms with Crippen LogP contribution in [0.3, 0.4) is 0 Å². The lowest BCUT2D eigenvalue weighted by molar-refractivity contribution is -0.130. The van der Waals surface area contributed by atoms with Crippen molar-refractivity contribution in [3.63, 3.8) is 0 Å². The van der Waals surface area contributed by atoms with E-state index in [0.29, 0.717) is 10.8 Å². The zero-order valence-electron chi connectivity index (χ0n) is 14.0. The van der Waals surface area contributed by atoms with Crippen LogP contribution in [0.25, 0.3) is 0 Å². The monoisotopic (exact) mass is 391 g/mol. The molecule has 0 bridgehead atoms. The highest BCUT2D eigenvalue weighted by Crippen LogP contribution is 2.26. The number of ether oxygens (including phenoxy) is 1. The largest absolute Gasteiger partial charge is 0.423 e. The number of carbonyl (C=O) groups excluding carboxylic acids is 1. The van der Waals surface area contributed by atoms with E-state index in [9.17, 15) is 13.2 Å². The molecule has 0 aromatic heterocycles. The molecule has 2 aromatic rings. The number of hydrogen-bond donors (Lipinski definition) is 1. The molecule has 0 fully saturated rings. The van der Waals surface area contributed by atoms with Gasteiger partial charge in [0.1, 0.15) is 5.75 Å². The Bertz CT molecular complexity index is 952. The summed E-state index contributed by atoms with van der Waals surface area (Å²) in [6.45, 7) is 3.37. The van der Waals surface area contributed by atoms with Crippen LogP contribution in [0.2, 0.25) is 5.02 Å². The van der Waals surface area contributed by atoms with Crippen LogP contribution in [-0.4, -0.2) is 20.9 Å². The molecule has 136 valence electrons. The number of nitrogens with one attached hydrogen (secondary N) is 1. The average Bonchev–Trinajstić information content (AvgIpc) is 3.08. The second kappa shape index (κ2) is 7.61. The lowest BCUT2D eigenvalue weighted by atomic mass is 10.1. The van der Waals surface area contributed by atoms with Gasteiger partial charge < -0.3 is 4.74 Å². The number of carbonyl (C=O) groups is 1. The normalized spacial score (nSPS) is 13.3. The van der Waals surface area contributed by atoms with Gasteiger partial charge in [-0.05, 0) is 66.8 Å². The quantitative estimate of drug-likeness (QED) is 0.466. The Hall–Kier alpha value is -2.15. The van der Waals surface area contributed by atoms with Gasteiger partial charge in [-0.25, -0.2) is 17.9 Å². The number of sulfonamides is 1. The summed E-state index contributed by atoms with van der Waals surface area (Å²) in [7, 11) is -3.76. The van der Waals surface area contributed by atoms with Crippen LogP contribution in [0.5, 0.6) is 5.75 Å². The van der Waals surface area contributed by atoms with Gasteiger partial charge >= 0.3 is 5.97 Å². The molecule has 0 saturated carbocycles. The average molecular weight is 392 g/mol. The van der Waals surface area contributed by atoms with Gasteiger partial charge in [-0.2, -0.15) is 0 Å². The van der Waals surface area contributed by atoms with Crippen LogP contribution in [0.15, 0.2) is 59.5 Å². The van der Waals surface area contributed by atoms with E-state index >= 15 is 0 Å². The number of hydrogen-bond acceptors (Lipinski definition) is 4. The van der Waals surface area contributed by atoms with Crippen LogP contribution >= 0.6 is 11.6 Å². The molecule has 0 radical (unpaired) electrons. The Kier molecular flexibility index (Phi) is 5.46. The Morgan fingerprint density at radius 3 is 2.54 bits per heavy atom. The highest BCUT2D eigenvalue weighted by atomic mass is 35.5. The van der Waals surface area contributed by atoms with E-state index in [0.717, 1.165) is 19.3 Å². The van der Waals surface area contributed by atoms with Crippen molar-refractivity contribution in [1.29, 1.82) is 0 Å². The van der Waals surface area contributed by atoms with Crippen molar-refractivity contribution < 1.29 is 17.9 Å². The van der Waals surface area contributed by atoms with Gasteiger partial charge in [0.25, 0.3) is 0 Å². The van der Waals surface area contributed by atoms with E-state index in [1.807, 2.05) is 12.1 Å². The first-order valence-corrected chi connectivity index (χ1v) is 9.98. The lowest BCUT2D eigenvalue weighted by Crippen LogP contribution is -2.29. The van der Waals surface area contributed by atoms with Crippen LogP contribution in [0, 0.1) is 0 Å². The van der Waals surface area contributed by atoms with E-state index in [1.165, 1.54) is 35.4 Å². The van der Waals surface area contributed by atoms with Gasteiger partial charge in [0.15, 0.2) is 0 Å². The smallest absolute Gasteiger partial charge is 0.340 e. The molecule has 26 heavy (non-hydrogen) atoms. The van der Waals surface area contributed by atoms with Crippen molar-refractivity contribution in [3.05, 3.63) is 70.8 Å². The first-order chi connectivity index (χ1) is 12.3. The van der Waals surface area contributed by atoms with Crippen molar-refractivity contribution in [2.24, 2.45) is 0 Å². The molecule has 7 heteroatoms. The first kappa shape index (κ1) is 18.6. The van der Waals surface area contributed by atoms with Crippen LogP contribution in [-0.2, 0) is 27.7 Å². The fraction of sp³-hybridized carbons (Fsp3) is 0.211. The zero-order valence-corrected chi connectivity index (χ0v) is 15.6. The molecule has 0 spiro atoms. The molecule has 5 nitrogen and oxygen atoms in total. The van der Waals surface area contributed by atoms with Gasteiger partial charge in [0.05, 0.1) is 4.90 Å². The number of benzene rings is 2. The third-order valence-electron chi connectivity index (χ3n) is 4.17. The van der Waals surface area contributed by atoms with Gasteiger partial charge in [-0.15, -0.1) is 0 Å². The summed E-state index contributed by atoms with van der Waals surface area (Å²) in [5.41, 5.74) is 2.48. The van der Waals surface area contributed by atoms with Gasteiger partial charge in [-0.1, -0.05) is 24.2 Å². The van der Waals surface area contributed by atoms with Crippen molar-refractivity contribution >= 4 is 27.6 Å². The molecule has 0 heterocycles. The minimum Gasteiger partial charge on any atom is -0.423 e. The summed E-state index contributed by atoms with van der Waals surface area (Å²) < 4.78 is 32.0. The van der Waals surface area contributed by atoms with Crippen molar-refractivity contribution in [2.75, 3.05) is 6.54 Å². The van der Waals surface area contributed by atoms with E-state index < -0.39 is 16.0 Å². The Morgan fingerprint density at radius 1 is 1.12 bits per heavy atom. The summed E-state index contributed by atoms with van der Waals surface area (Å²) in [5, 5.41) is 0.436. The first-order valence-electron chi connectivity index (χ1n) is 8.12. The Balaban J connectivity index is 1.59.